The number of carbonyl (C=O) groups excluding carboxylic acids is 1. The van der Waals surface area contributed by atoms with Crippen molar-refractivity contribution in [2.24, 2.45) is 0 Å². The lowest BCUT2D eigenvalue weighted by molar-refractivity contribution is 0.0628. The predicted octanol–water partition coefficient (Wildman–Crippen LogP) is 2.55. The van der Waals surface area contributed by atoms with Gasteiger partial charge < -0.3 is 4.90 Å². The molecule has 2 aromatic carbocycles. The summed E-state index contributed by atoms with van der Waals surface area (Å²) < 4.78 is 38.7. The zero-order chi connectivity index (χ0) is 20.1. The van der Waals surface area contributed by atoms with Gasteiger partial charge in [0.25, 0.3) is 5.91 Å². The van der Waals surface area contributed by atoms with E-state index in [0.717, 1.165) is 25.2 Å². The second-order valence-corrected chi connectivity index (χ2v) is 8.79. The second kappa shape index (κ2) is 8.70. The Labute approximate surface area is 165 Å². The van der Waals surface area contributed by atoms with Crippen LogP contribution in [0.25, 0.3) is 0 Å². The van der Waals surface area contributed by atoms with Crippen molar-refractivity contribution in [3.63, 3.8) is 0 Å². The van der Waals surface area contributed by atoms with E-state index in [9.17, 15) is 17.6 Å². The maximum Gasteiger partial charge on any atom is 0.253 e. The average Bonchev–Trinajstić information content (AvgIpc) is 2.70. The molecule has 8 heteroatoms. The minimum absolute atomic E-state index is 0.00409. The highest BCUT2D eigenvalue weighted by atomic mass is 32.2. The fourth-order valence-electron chi connectivity index (χ4n) is 3.07. The van der Waals surface area contributed by atoms with Gasteiger partial charge >= 0.3 is 0 Å². The summed E-state index contributed by atoms with van der Waals surface area (Å²) in [6.45, 7) is 5.02. The quantitative estimate of drug-likeness (QED) is 0.802. The van der Waals surface area contributed by atoms with Crippen LogP contribution in [-0.4, -0.2) is 56.1 Å². The number of piperazine rings is 1. The number of benzene rings is 2. The van der Waals surface area contributed by atoms with Crippen molar-refractivity contribution in [2.45, 2.75) is 13.5 Å². The molecule has 3 rings (SSSR count). The Bertz CT molecular complexity index is 907. The van der Waals surface area contributed by atoms with E-state index in [-0.39, 0.29) is 17.5 Å². The molecule has 1 heterocycles. The standard InChI is InChI=1S/C20H24FN3O3S/c1-2-28(26,27)22-19-9-5-17(6-10-19)20(25)24-13-11-23(12-14-24)15-16-3-7-18(21)8-4-16/h3-10,22H,2,11-15H2,1H3. The molecular weight excluding hydrogens is 381 g/mol. The Hall–Kier alpha value is -2.45. The van der Waals surface area contributed by atoms with Crippen molar-refractivity contribution in [3.8, 4) is 0 Å². The monoisotopic (exact) mass is 405 g/mol. The van der Waals surface area contributed by atoms with Gasteiger partial charge in [-0.2, -0.15) is 0 Å². The van der Waals surface area contributed by atoms with Gasteiger partial charge in [0.1, 0.15) is 5.82 Å². The summed E-state index contributed by atoms with van der Waals surface area (Å²) in [6, 6.07) is 13.0. The zero-order valence-electron chi connectivity index (χ0n) is 15.8. The van der Waals surface area contributed by atoms with Gasteiger partial charge in [0, 0.05) is 44.0 Å². The van der Waals surface area contributed by atoms with Gasteiger partial charge in [-0.05, 0) is 48.9 Å². The highest BCUT2D eigenvalue weighted by Gasteiger charge is 2.22. The van der Waals surface area contributed by atoms with E-state index in [1.165, 1.54) is 12.1 Å². The maximum absolute atomic E-state index is 13.0. The maximum atomic E-state index is 13.0. The van der Waals surface area contributed by atoms with Gasteiger partial charge in [-0.3, -0.25) is 14.4 Å². The summed E-state index contributed by atoms with van der Waals surface area (Å²) in [5.41, 5.74) is 2.03. The van der Waals surface area contributed by atoms with Crippen LogP contribution in [0.2, 0.25) is 0 Å². The molecule has 2 aromatic rings. The van der Waals surface area contributed by atoms with Crippen LogP contribution >= 0.6 is 0 Å². The number of sulfonamides is 1. The SMILES string of the molecule is CCS(=O)(=O)Nc1ccc(C(=O)N2CCN(Cc3ccc(F)cc3)CC2)cc1. The van der Waals surface area contributed by atoms with Gasteiger partial charge in [0.15, 0.2) is 0 Å². The molecule has 1 N–H and O–H groups in total. The highest BCUT2D eigenvalue weighted by molar-refractivity contribution is 7.92. The Kier molecular flexibility index (Phi) is 6.31. The summed E-state index contributed by atoms with van der Waals surface area (Å²) in [6.07, 6.45) is 0. The normalized spacial score (nSPS) is 15.4. The van der Waals surface area contributed by atoms with Crippen molar-refractivity contribution in [2.75, 3.05) is 36.7 Å². The van der Waals surface area contributed by atoms with Crippen LogP contribution < -0.4 is 4.72 Å². The molecule has 1 saturated heterocycles. The van der Waals surface area contributed by atoms with Crippen molar-refractivity contribution in [3.05, 3.63) is 65.5 Å². The van der Waals surface area contributed by atoms with E-state index in [1.54, 1.807) is 48.2 Å². The smallest absolute Gasteiger partial charge is 0.253 e. The number of nitrogens with zero attached hydrogens (tertiary/aromatic N) is 2. The first-order chi connectivity index (χ1) is 13.4. The van der Waals surface area contributed by atoms with E-state index >= 15 is 0 Å². The van der Waals surface area contributed by atoms with Crippen LogP contribution in [0.3, 0.4) is 0 Å². The van der Waals surface area contributed by atoms with Crippen LogP contribution in [0.5, 0.6) is 0 Å². The second-order valence-electron chi connectivity index (χ2n) is 6.78. The van der Waals surface area contributed by atoms with Crippen LogP contribution in [0.1, 0.15) is 22.8 Å². The van der Waals surface area contributed by atoms with Crippen LogP contribution in [0.15, 0.2) is 48.5 Å². The molecule has 0 spiro atoms. The number of nitrogens with one attached hydrogen (secondary N) is 1. The first-order valence-corrected chi connectivity index (χ1v) is 10.9. The highest BCUT2D eigenvalue weighted by Crippen LogP contribution is 2.15. The molecule has 0 unspecified atom stereocenters. The third-order valence-electron chi connectivity index (χ3n) is 4.76. The molecule has 1 fully saturated rings. The summed E-state index contributed by atoms with van der Waals surface area (Å²) in [7, 11) is -3.33. The minimum Gasteiger partial charge on any atom is -0.336 e. The lowest BCUT2D eigenvalue weighted by Gasteiger charge is -2.34. The molecule has 0 aromatic heterocycles. The Morgan fingerprint density at radius 3 is 2.18 bits per heavy atom. The molecule has 0 radical (unpaired) electrons. The van der Waals surface area contributed by atoms with E-state index in [4.69, 9.17) is 0 Å². The molecule has 0 atom stereocenters. The number of hydrogen-bond acceptors (Lipinski definition) is 4. The van der Waals surface area contributed by atoms with Crippen molar-refractivity contribution < 1.29 is 17.6 Å². The Morgan fingerprint density at radius 1 is 1.00 bits per heavy atom. The fraction of sp³-hybridized carbons (Fsp3) is 0.350. The van der Waals surface area contributed by atoms with Gasteiger partial charge in [0.2, 0.25) is 10.0 Å². The first-order valence-electron chi connectivity index (χ1n) is 9.23. The van der Waals surface area contributed by atoms with E-state index in [2.05, 4.69) is 9.62 Å². The number of halogens is 1. The molecule has 150 valence electrons. The summed E-state index contributed by atoms with van der Waals surface area (Å²) in [4.78, 5) is 16.7. The molecule has 0 bridgehead atoms. The predicted molar refractivity (Wildman–Crippen MR) is 107 cm³/mol. The molecule has 28 heavy (non-hydrogen) atoms. The third kappa shape index (κ3) is 5.30. The summed E-state index contributed by atoms with van der Waals surface area (Å²) >= 11 is 0. The molecule has 0 saturated carbocycles. The lowest BCUT2D eigenvalue weighted by Crippen LogP contribution is -2.48. The molecule has 1 aliphatic rings. The zero-order valence-corrected chi connectivity index (χ0v) is 16.6. The molecular formula is C20H24FN3O3S. The molecule has 0 aliphatic carbocycles. The number of hydrogen-bond donors (Lipinski definition) is 1. The van der Waals surface area contributed by atoms with Crippen LogP contribution in [0, 0.1) is 5.82 Å². The molecule has 1 amide bonds. The van der Waals surface area contributed by atoms with Crippen LogP contribution in [-0.2, 0) is 16.6 Å². The van der Waals surface area contributed by atoms with E-state index in [0.29, 0.717) is 24.3 Å². The number of anilines is 1. The van der Waals surface area contributed by atoms with Gasteiger partial charge in [-0.15, -0.1) is 0 Å². The minimum atomic E-state index is -3.33. The number of carbonyl (C=O) groups is 1. The first kappa shape index (κ1) is 20.3. The molecule has 6 nitrogen and oxygen atoms in total. The fourth-order valence-corrected chi connectivity index (χ4v) is 3.71. The van der Waals surface area contributed by atoms with Gasteiger partial charge in [0.05, 0.1) is 5.75 Å². The summed E-state index contributed by atoms with van der Waals surface area (Å²) in [5, 5.41) is 0. The van der Waals surface area contributed by atoms with E-state index in [1.807, 2.05) is 0 Å². The molecule has 1 aliphatic heterocycles. The van der Waals surface area contributed by atoms with Crippen LogP contribution in [0.4, 0.5) is 10.1 Å². The van der Waals surface area contributed by atoms with Gasteiger partial charge in [-0.25, -0.2) is 12.8 Å². The average molecular weight is 405 g/mol. The number of rotatable bonds is 6. The van der Waals surface area contributed by atoms with Crippen molar-refractivity contribution in [1.29, 1.82) is 0 Å². The third-order valence-corrected chi connectivity index (χ3v) is 6.07. The topological polar surface area (TPSA) is 69.7 Å². The lowest BCUT2D eigenvalue weighted by atomic mass is 10.1. The number of amides is 1. The van der Waals surface area contributed by atoms with E-state index < -0.39 is 10.0 Å². The van der Waals surface area contributed by atoms with Gasteiger partial charge in [-0.1, -0.05) is 12.1 Å². The summed E-state index contributed by atoms with van der Waals surface area (Å²) in [5.74, 6) is -0.311. The largest absolute Gasteiger partial charge is 0.336 e. The Morgan fingerprint density at radius 2 is 1.61 bits per heavy atom. The Balaban J connectivity index is 1.54. The van der Waals surface area contributed by atoms with Crippen molar-refractivity contribution in [1.82, 2.24) is 9.80 Å². The van der Waals surface area contributed by atoms with Crippen molar-refractivity contribution >= 4 is 21.6 Å².